The van der Waals surface area contributed by atoms with E-state index in [0.29, 0.717) is 0 Å². The number of hydrogen-bond donors (Lipinski definition) is 0. The molecule has 0 aliphatic heterocycles. The van der Waals surface area contributed by atoms with Crippen molar-refractivity contribution in [1.82, 2.24) is 4.57 Å². The molecule has 0 spiro atoms. The van der Waals surface area contributed by atoms with Crippen molar-refractivity contribution >= 4 is 39.1 Å². The minimum Gasteiger partial charge on any atom is -0.323 e. The van der Waals surface area contributed by atoms with E-state index in [-0.39, 0.29) is 0 Å². The summed E-state index contributed by atoms with van der Waals surface area (Å²) >= 11 is 3.48. The van der Waals surface area contributed by atoms with E-state index in [1.807, 2.05) is 12.1 Å². The molecule has 88 valence electrons. The Bertz CT molecular complexity index is 710. The molecule has 0 aliphatic carbocycles. The van der Waals surface area contributed by atoms with Gasteiger partial charge in [0.05, 0.1) is 5.52 Å². The first-order valence-electron chi connectivity index (χ1n) is 5.82. The van der Waals surface area contributed by atoms with Crippen LogP contribution in [0.25, 0.3) is 23.2 Å². The Morgan fingerprint density at radius 1 is 0.944 bits per heavy atom. The van der Waals surface area contributed by atoms with Crippen LogP contribution in [0.2, 0.25) is 0 Å². The van der Waals surface area contributed by atoms with Crippen LogP contribution in [-0.4, -0.2) is 4.57 Å². The average molecular weight is 298 g/mol. The lowest BCUT2D eigenvalue weighted by molar-refractivity contribution is 1.23. The van der Waals surface area contributed by atoms with E-state index in [0.717, 1.165) is 4.47 Å². The molecule has 18 heavy (non-hydrogen) atoms. The van der Waals surface area contributed by atoms with Gasteiger partial charge in [-0.25, -0.2) is 0 Å². The molecular weight excluding hydrogens is 286 g/mol. The number of benzene rings is 2. The van der Waals surface area contributed by atoms with Crippen molar-refractivity contribution < 1.29 is 0 Å². The molecule has 0 radical (unpaired) electrons. The normalized spacial score (nSPS) is 11.4. The molecule has 0 N–H and O–H groups in total. The third-order valence-corrected chi connectivity index (χ3v) is 3.40. The fourth-order valence-electron chi connectivity index (χ4n) is 2.01. The molecule has 0 bridgehead atoms. The number of aromatic nitrogens is 1. The van der Waals surface area contributed by atoms with Crippen molar-refractivity contribution in [3.8, 4) is 0 Å². The standard InChI is InChI=1S/C16H12BrN/c17-15-6-3-4-13(12-15)8-10-18-11-9-14-5-1-2-7-16(14)18/h1-12H/b10-8+. The molecule has 0 fully saturated rings. The Balaban J connectivity index is 1.97. The van der Waals surface area contributed by atoms with E-state index in [2.05, 4.69) is 81.4 Å². The van der Waals surface area contributed by atoms with E-state index in [9.17, 15) is 0 Å². The maximum Gasteiger partial charge on any atom is 0.0522 e. The maximum atomic E-state index is 3.48. The van der Waals surface area contributed by atoms with Gasteiger partial charge in [0.1, 0.15) is 0 Å². The molecule has 1 aromatic heterocycles. The van der Waals surface area contributed by atoms with Gasteiger partial charge in [-0.2, -0.15) is 0 Å². The Labute approximate surface area is 114 Å². The van der Waals surface area contributed by atoms with E-state index in [1.54, 1.807) is 0 Å². The van der Waals surface area contributed by atoms with Gasteiger partial charge in [-0.1, -0.05) is 46.3 Å². The number of fused-ring (bicyclic) bond motifs is 1. The first-order chi connectivity index (χ1) is 8.83. The second kappa shape index (κ2) is 4.83. The molecule has 2 heteroatoms. The van der Waals surface area contributed by atoms with Gasteiger partial charge in [0.25, 0.3) is 0 Å². The maximum absolute atomic E-state index is 3.48. The lowest BCUT2D eigenvalue weighted by Gasteiger charge is -1.98. The minimum atomic E-state index is 1.10. The summed E-state index contributed by atoms with van der Waals surface area (Å²) in [5, 5.41) is 1.26. The van der Waals surface area contributed by atoms with Crippen LogP contribution in [0.4, 0.5) is 0 Å². The summed E-state index contributed by atoms with van der Waals surface area (Å²) in [4.78, 5) is 0. The smallest absolute Gasteiger partial charge is 0.0522 e. The van der Waals surface area contributed by atoms with Crippen molar-refractivity contribution in [1.29, 1.82) is 0 Å². The summed E-state index contributed by atoms with van der Waals surface area (Å²) in [6, 6.07) is 18.8. The van der Waals surface area contributed by atoms with Gasteiger partial charge in [-0.05, 0) is 41.3 Å². The molecule has 3 rings (SSSR count). The lowest BCUT2D eigenvalue weighted by atomic mass is 10.2. The van der Waals surface area contributed by atoms with E-state index in [1.165, 1.54) is 16.5 Å². The molecule has 0 saturated carbocycles. The van der Waals surface area contributed by atoms with E-state index in [4.69, 9.17) is 0 Å². The van der Waals surface area contributed by atoms with Crippen LogP contribution in [0.5, 0.6) is 0 Å². The Morgan fingerprint density at radius 2 is 1.83 bits per heavy atom. The molecule has 2 aromatic carbocycles. The van der Waals surface area contributed by atoms with Crippen LogP contribution in [0.3, 0.4) is 0 Å². The summed E-state index contributed by atoms with van der Waals surface area (Å²) in [6.07, 6.45) is 6.28. The number of nitrogens with zero attached hydrogens (tertiary/aromatic N) is 1. The number of rotatable bonds is 2. The van der Waals surface area contributed by atoms with Crippen LogP contribution in [0, 0.1) is 0 Å². The molecule has 1 nitrogen and oxygen atoms in total. The third-order valence-electron chi connectivity index (χ3n) is 2.91. The van der Waals surface area contributed by atoms with Crippen molar-refractivity contribution in [2.75, 3.05) is 0 Å². The van der Waals surface area contributed by atoms with Crippen LogP contribution in [0.1, 0.15) is 5.56 Å². The van der Waals surface area contributed by atoms with Gasteiger partial charge >= 0.3 is 0 Å². The van der Waals surface area contributed by atoms with Crippen LogP contribution in [0.15, 0.2) is 65.3 Å². The quantitative estimate of drug-likeness (QED) is 0.625. The summed E-state index contributed by atoms with van der Waals surface area (Å²) in [6.45, 7) is 0. The summed E-state index contributed by atoms with van der Waals surface area (Å²) in [5.74, 6) is 0. The summed E-state index contributed by atoms with van der Waals surface area (Å²) in [7, 11) is 0. The lowest BCUT2D eigenvalue weighted by Crippen LogP contribution is -1.82. The SMILES string of the molecule is Brc1cccc(/C=C/n2ccc3ccccc32)c1. The largest absolute Gasteiger partial charge is 0.323 e. The zero-order valence-electron chi connectivity index (χ0n) is 9.75. The first kappa shape index (κ1) is 11.3. The van der Waals surface area contributed by atoms with Crippen molar-refractivity contribution in [2.24, 2.45) is 0 Å². The molecule has 0 aliphatic rings. The highest BCUT2D eigenvalue weighted by atomic mass is 79.9. The first-order valence-corrected chi connectivity index (χ1v) is 6.61. The molecule has 3 aromatic rings. The predicted molar refractivity (Wildman–Crippen MR) is 81.3 cm³/mol. The van der Waals surface area contributed by atoms with Gasteiger partial charge in [-0.3, -0.25) is 0 Å². The molecule has 0 atom stereocenters. The predicted octanol–water partition coefficient (Wildman–Crippen LogP) is 5.03. The Hall–Kier alpha value is -1.80. The van der Waals surface area contributed by atoms with E-state index >= 15 is 0 Å². The van der Waals surface area contributed by atoms with Gasteiger partial charge in [0, 0.05) is 16.9 Å². The van der Waals surface area contributed by atoms with Gasteiger partial charge in [0.15, 0.2) is 0 Å². The zero-order valence-corrected chi connectivity index (χ0v) is 11.3. The molecule has 0 unspecified atom stereocenters. The van der Waals surface area contributed by atoms with Crippen LogP contribution >= 0.6 is 15.9 Å². The fraction of sp³-hybridized carbons (Fsp3) is 0. The van der Waals surface area contributed by atoms with Gasteiger partial charge in [0.2, 0.25) is 0 Å². The highest BCUT2D eigenvalue weighted by Gasteiger charge is 1.96. The molecule has 0 saturated heterocycles. The third kappa shape index (κ3) is 2.24. The highest BCUT2D eigenvalue weighted by molar-refractivity contribution is 9.10. The van der Waals surface area contributed by atoms with Crippen LogP contribution in [-0.2, 0) is 0 Å². The molecule has 1 heterocycles. The molecular formula is C16H12BrN. The monoisotopic (exact) mass is 297 g/mol. The van der Waals surface area contributed by atoms with Crippen LogP contribution < -0.4 is 0 Å². The second-order valence-corrected chi connectivity index (χ2v) is 5.07. The summed E-state index contributed by atoms with van der Waals surface area (Å²) in [5.41, 5.74) is 2.41. The summed E-state index contributed by atoms with van der Waals surface area (Å²) < 4.78 is 3.23. The second-order valence-electron chi connectivity index (χ2n) is 4.15. The van der Waals surface area contributed by atoms with Crippen molar-refractivity contribution in [3.63, 3.8) is 0 Å². The molecule has 0 amide bonds. The van der Waals surface area contributed by atoms with Crippen molar-refractivity contribution in [2.45, 2.75) is 0 Å². The Morgan fingerprint density at radius 3 is 2.72 bits per heavy atom. The van der Waals surface area contributed by atoms with Crippen molar-refractivity contribution in [3.05, 3.63) is 70.8 Å². The average Bonchev–Trinajstić information content (AvgIpc) is 2.80. The topological polar surface area (TPSA) is 4.93 Å². The zero-order chi connectivity index (χ0) is 12.4. The number of halogens is 1. The highest BCUT2D eigenvalue weighted by Crippen LogP contribution is 2.17. The van der Waals surface area contributed by atoms with Gasteiger partial charge in [-0.15, -0.1) is 0 Å². The fourth-order valence-corrected chi connectivity index (χ4v) is 2.43. The number of hydrogen-bond acceptors (Lipinski definition) is 0. The van der Waals surface area contributed by atoms with E-state index < -0.39 is 0 Å². The minimum absolute atomic E-state index is 1.10. The number of para-hydroxylation sites is 1. The van der Waals surface area contributed by atoms with Gasteiger partial charge < -0.3 is 4.57 Å². The Kier molecular flexibility index (Phi) is 3.03.